The van der Waals surface area contributed by atoms with Crippen molar-refractivity contribution in [2.75, 3.05) is 18.5 Å². The number of nitriles is 1. The van der Waals surface area contributed by atoms with E-state index >= 15 is 0 Å². The number of hydrogen-bond donors (Lipinski definition) is 1. The van der Waals surface area contributed by atoms with Crippen molar-refractivity contribution in [1.82, 2.24) is 4.98 Å². The van der Waals surface area contributed by atoms with Crippen LogP contribution in [0.4, 0.5) is 5.82 Å². The molecule has 6 heteroatoms. The second-order valence-corrected chi connectivity index (χ2v) is 4.57. The van der Waals surface area contributed by atoms with Crippen LogP contribution in [0.2, 0.25) is 5.02 Å². The third-order valence-electron chi connectivity index (χ3n) is 2.60. The van der Waals surface area contributed by atoms with Crippen LogP contribution in [-0.2, 0) is 4.79 Å². The van der Waals surface area contributed by atoms with Crippen molar-refractivity contribution >= 4 is 23.4 Å². The monoisotopic (exact) mass is 267 g/mol. The molecule has 1 rings (SSSR count). The Morgan fingerprint density at radius 2 is 2.33 bits per heavy atom. The highest BCUT2D eigenvalue weighted by Gasteiger charge is 2.17. The summed E-state index contributed by atoms with van der Waals surface area (Å²) in [6.45, 7) is 3.63. The molecule has 0 spiro atoms. The van der Waals surface area contributed by atoms with Gasteiger partial charge in [-0.2, -0.15) is 5.26 Å². The topological polar surface area (TPSA) is 77.2 Å². The Labute approximate surface area is 111 Å². The van der Waals surface area contributed by atoms with E-state index in [0.717, 1.165) is 0 Å². The maximum Gasteiger partial charge on any atom is 0.308 e. The Balaban J connectivity index is 3.00. The molecule has 0 saturated carbocycles. The molecule has 1 N–H and O–H groups in total. The van der Waals surface area contributed by atoms with Crippen LogP contribution < -0.4 is 4.90 Å². The van der Waals surface area contributed by atoms with Gasteiger partial charge in [0.2, 0.25) is 0 Å². The number of halogens is 1. The summed E-state index contributed by atoms with van der Waals surface area (Å²) in [7, 11) is 1.72. The predicted octanol–water partition coefficient (Wildman–Crippen LogP) is 2.07. The molecule has 0 aliphatic carbocycles. The molecule has 0 aromatic carbocycles. The van der Waals surface area contributed by atoms with Gasteiger partial charge in [-0.1, -0.05) is 18.5 Å². The highest BCUT2D eigenvalue weighted by atomic mass is 35.5. The molecule has 0 bridgehead atoms. The number of pyridine rings is 1. The van der Waals surface area contributed by atoms with Gasteiger partial charge in [-0.25, -0.2) is 4.98 Å². The molecule has 1 aromatic rings. The van der Waals surface area contributed by atoms with Crippen molar-refractivity contribution in [3.8, 4) is 6.07 Å². The number of rotatable bonds is 4. The molecule has 0 amide bonds. The SMILES string of the molecule is Cc1nc(N(C)CC(C)C(=O)O)c(Cl)cc1C#N. The normalized spacial score (nSPS) is 11.7. The first kappa shape index (κ1) is 14.3. The minimum atomic E-state index is -0.872. The minimum absolute atomic E-state index is 0.299. The lowest BCUT2D eigenvalue weighted by molar-refractivity contribution is -0.140. The van der Waals surface area contributed by atoms with Crippen molar-refractivity contribution in [3.63, 3.8) is 0 Å². The molecule has 0 aliphatic rings. The summed E-state index contributed by atoms with van der Waals surface area (Å²) in [4.78, 5) is 16.7. The van der Waals surface area contributed by atoms with E-state index in [0.29, 0.717) is 28.6 Å². The average molecular weight is 268 g/mol. The van der Waals surface area contributed by atoms with Crippen LogP contribution in [0.15, 0.2) is 6.07 Å². The van der Waals surface area contributed by atoms with E-state index in [1.54, 1.807) is 31.9 Å². The van der Waals surface area contributed by atoms with Gasteiger partial charge >= 0.3 is 5.97 Å². The fourth-order valence-corrected chi connectivity index (χ4v) is 1.82. The Bertz CT molecular complexity index is 511. The number of carbonyl (C=O) groups is 1. The number of aliphatic carboxylic acids is 1. The van der Waals surface area contributed by atoms with Gasteiger partial charge in [0.05, 0.1) is 22.2 Å². The fourth-order valence-electron chi connectivity index (χ4n) is 1.52. The molecule has 5 nitrogen and oxygen atoms in total. The maximum absolute atomic E-state index is 10.8. The molecule has 0 radical (unpaired) electrons. The molecule has 0 aliphatic heterocycles. The van der Waals surface area contributed by atoms with Gasteiger partial charge in [0, 0.05) is 13.6 Å². The number of carboxylic acids is 1. The highest BCUT2D eigenvalue weighted by Crippen LogP contribution is 2.25. The van der Waals surface area contributed by atoms with Crippen LogP contribution in [0, 0.1) is 24.2 Å². The van der Waals surface area contributed by atoms with E-state index in [2.05, 4.69) is 4.98 Å². The number of carboxylic acid groups (broad SMARTS) is 1. The lowest BCUT2D eigenvalue weighted by Crippen LogP contribution is -2.29. The number of anilines is 1. The van der Waals surface area contributed by atoms with Crippen LogP contribution >= 0.6 is 11.6 Å². The maximum atomic E-state index is 10.8. The Morgan fingerprint density at radius 3 is 2.83 bits per heavy atom. The molecular formula is C12H14ClN3O2. The molecule has 1 unspecified atom stereocenters. The zero-order valence-electron chi connectivity index (χ0n) is 10.4. The predicted molar refractivity (Wildman–Crippen MR) is 68.8 cm³/mol. The van der Waals surface area contributed by atoms with Gasteiger partial charge in [0.25, 0.3) is 0 Å². The zero-order valence-corrected chi connectivity index (χ0v) is 11.2. The van der Waals surface area contributed by atoms with Crippen LogP contribution in [0.1, 0.15) is 18.2 Å². The molecule has 96 valence electrons. The van der Waals surface area contributed by atoms with Crippen LogP contribution in [0.5, 0.6) is 0 Å². The Kier molecular flexibility index (Phi) is 4.51. The largest absolute Gasteiger partial charge is 0.481 e. The summed E-state index contributed by atoms with van der Waals surface area (Å²) in [5.41, 5.74) is 0.996. The first-order chi connectivity index (χ1) is 8.36. The van der Waals surface area contributed by atoms with E-state index in [1.807, 2.05) is 6.07 Å². The van der Waals surface area contributed by atoms with Gasteiger partial charge in [-0.15, -0.1) is 0 Å². The van der Waals surface area contributed by atoms with Gasteiger partial charge in [0.15, 0.2) is 0 Å². The molecule has 1 atom stereocenters. The smallest absolute Gasteiger partial charge is 0.308 e. The van der Waals surface area contributed by atoms with E-state index in [1.165, 1.54) is 0 Å². The van der Waals surface area contributed by atoms with Crippen molar-refractivity contribution in [2.45, 2.75) is 13.8 Å². The Morgan fingerprint density at radius 1 is 1.72 bits per heavy atom. The first-order valence-corrected chi connectivity index (χ1v) is 5.75. The minimum Gasteiger partial charge on any atom is -0.481 e. The van der Waals surface area contributed by atoms with Gasteiger partial charge in [-0.05, 0) is 13.0 Å². The first-order valence-electron chi connectivity index (χ1n) is 5.38. The number of aryl methyl sites for hydroxylation is 1. The molecule has 0 fully saturated rings. The highest BCUT2D eigenvalue weighted by molar-refractivity contribution is 6.33. The second-order valence-electron chi connectivity index (χ2n) is 4.16. The molecular weight excluding hydrogens is 254 g/mol. The zero-order chi connectivity index (χ0) is 13.9. The number of hydrogen-bond acceptors (Lipinski definition) is 4. The summed E-state index contributed by atoms with van der Waals surface area (Å²) in [5.74, 6) is -0.909. The third-order valence-corrected chi connectivity index (χ3v) is 2.88. The van der Waals surface area contributed by atoms with Crippen molar-refractivity contribution in [2.24, 2.45) is 5.92 Å². The summed E-state index contributed by atoms with van der Waals surface area (Å²) in [5, 5.41) is 18.1. The Hall–Kier alpha value is -1.80. The lowest BCUT2D eigenvalue weighted by Gasteiger charge is -2.22. The molecule has 1 aromatic heterocycles. The summed E-state index contributed by atoms with van der Waals surface area (Å²) in [6.07, 6.45) is 0. The average Bonchev–Trinajstić information content (AvgIpc) is 2.31. The van der Waals surface area contributed by atoms with Gasteiger partial charge in [0.1, 0.15) is 11.9 Å². The van der Waals surface area contributed by atoms with Crippen LogP contribution in [0.3, 0.4) is 0 Å². The van der Waals surface area contributed by atoms with Crippen LogP contribution in [0.25, 0.3) is 0 Å². The molecule has 18 heavy (non-hydrogen) atoms. The second kappa shape index (κ2) is 5.69. The molecule has 1 heterocycles. The molecule has 0 saturated heterocycles. The quantitative estimate of drug-likeness (QED) is 0.904. The van der Waals surface area contributed by atoms with Crippen molar-refractivity contribution in [3.05, 3.63) is 22.3 Å². The fraction of sp³-hybridized carbons (Fsp3) is 0.417. The number of aromatic nitrogens is 1. The third kappa shape index (κ3) is 3.11. The van der Waals surface area contributed by atoms with Crippen molar-refractivity contribution < 1.29 is 9.90 Å². The van der Waals surface area contributed by atoms with Gasteiger partial charge < -0.3 is 10.0 Å². The lowest BCUT2D eigenvalue weighted by atomic mass is 10.1. The van der Waals surface area contributed by atoms with E-state index in [9.17, 15) is 4.79 Å². The van der Waals surface area contributed by atoms with E-state index < -0.39 is 11.9 Å². The van der Waals surface area contributed by atoms with E-state index in [4.69, 9.17) is 22.0 Å². The summed E-state index contributed by atoms with van der Waals surface area (Å²) in [6, 6.07) is 3.54. The standard InChI is InChI=1S/C12H14ClN3O2/c1-7(12(17)18)6-16(3)11-10(13)4-9(5-14)8(2)15-11/h4,7H,6H2,1-3H3,(H,17,18). The van der Waals surface area contributed by atoms with Crippen LogP contribution in [-0.4, -0.2) is 29.7 Å². The number of nitrogens with zero attached hydrogens (tertiary/aromatic N) is 3. The summed E-state index contributed by atoms with van der Waals surface area (Å²) < 4.78 is 0. The van der Waals surface area contributed by atoms with Crippen molar-refractivity contribution in [1.29, 1.82) is 5.26 Å². The summed E-state index contributed by atoms with van der Waals surface area (Å²) >= 11 is 6.04. The van der Waals surface area contributed by atoms with Gasteiger partial charge in [-0.3, -0.25) is 4.79 Å². The van der Waals surface area contributed by atoms with E-state index in [-0.39, 0.29) is 0 Å².